The molecular formula is C19H20BrNO3. The maximum Gasteiger partial charge on any atom is 0.339 e. The maximum absolute atomic E-state index is 11.9. The molecule has 24 heavy (non-hydrogen) atoms. The SMILES string of the molecule is C[C@H](CCc1ccccc1)NC(=O)COC(=O)c1ccccc1Br. The predicted octanol–water partition coefficient (Wildman–Crippen LogP) is 3.74. The average molecular weight is 390 g/mol. The summed E-state index contributed by atoms with van der Waals surface area (Å²) in [4.78, 5) is 23.8. The van der Waals surface area contributed by atoms with E-state index >= 15 is 0 Å². The van der Waals surface area contributed by atoms with Crippen LogP contribution in [0.2, 0.25) is 0 Å². The molecule has 1 atom stereocenters. The van der Waals surface area contributed by atoms with Crippen LogP contribution in [0.1, 0.15) is 29.3 Å². The molecule has 0 aliphatic rings. The van der Waals surface area contributed by atoms with Crippen LogP contribution in [0, 0.1) is 0 Å². The van der Waals surface area contributed by atoms with Gasteiger partial charge in [-0.15, -0.1) is 0 Å². The van der Waals surface area contributed by atoms with Gasteiger partial charge in [0.15, 0.2) is 6.61 Å². The Hall–Kier alpha value is -2.14. The van der Waals surface area contributed by atoms with Crippen LogP contribution in [0.5, 0.6) is 0 Å². The number of hydrogen-bond acceptors (Lipinski definition) is 3. The highest BCUT2D eigenvalue weighted by atomic mass is 79.9. The van der Waals surface area contributed by atoms with E-state index in [1.807, 2.05) is 31.2 Å². The number of benzene rings is 2. The van der Waals surface area contributed by atoms with Crippen molar-refractivity contribution in [3.8, 4) is 0 Å². The summed E-state index contributed by atoms with van der Waals surface area (Å²) < 4.78 is 5.70. The van der Waals surface area contributed by atoms with Crippen LogP contribution in [0.25, 0.3) is 0 Å². The Morgan fingerprint density at radius 3 is 2.46 bits per heavy atom. The molecule has 0 aliphatic carbocycles. The van der Waals surface area contributed by atoms with E-state index in [1.165, 1.54) is 5.56 Å². The average Bonchev–Trinajstić information content (AvgIpc) is 2.59. The first-order valence-electron chi connectivity index (χ1n) is 7.81. The third-order valence-corrected chi connectivity index (χ3v) is 4.24. The molecule has 0 heterocycles. The lowest BCUT2D eigenvalue weighted by Crippen LogP contribution is -2.36. The predicted molar refractivity (Wildman–Crippen MR) is 96.8 cm³/mol. The van der Waals surface area contributed by atoms with Gasteiger partial charge in [-0.1, -0.05) is 42.5 Å². The van der Waals surface area contributed by atoms with Gasteiger partial charge in [-0.25, -0.2) is 4.79 Å². The number of ether oxygens (including phenoxy) is 1. The molecule has 0 fully saturated rings. The maximum atomic E-state index is 11.9. The van der Waals surface area contributed by atoms with Crippen molar-refractivity contribution in [2.24, 2.45) is 0 Å². The minimum atomic E-state index is -0.519. The van der Waals surface area contributed by atoms with Gasteiger partial charge in [0.05, 0.1) is 5.56 Å². The molecule has 0 spiro atoms. The zero-order chi connectivity index (χ0) is 17.4. The molecule has 0 saturated carbocycles. The number of halogens is 1. The lowest BCUT2D eigenvalue weighted by Gasteiger charge is -2.14. The summed E-state index contributed by atoms with van der Waals surface area (Å²) >= 11 is 3.29. The first-order chi connectivity index (χ1) is 11.6. The lowest BCUT2D eigenvalue weighted by atomic mass is 10.1. The second-order valence-electron chi connectivity index (χ2n) is 5.55. The number of esters is 1. The summed E-state index contributed by atoms with van der Waals surface area (Å²) in [6.07, 6.45) is 1.72. The molecule has 2 aromatic rings. The van der Waals surface area contributed by atoms with Gasteiger partial charge in [0.2, 0.25) is 0 Å². The van der Waals surface area contributed by atoms with Crippen molar-refractivity contribution in [3.63, 3.8) is 0 Å². The van der Waals surface area contributed by atoms with Gasteiger partial charge in [0, 0.05) is 10.5 Å². The summed E-state index contributed by atoms with van der Waals surface area (Å²) in [6, 6.07) is 17.1. The first kappa shape index (κ1) is 18.2. The molecule has 2 rings (SSSR count). The van der Waals surface area contributed by atoms with Crippen molar-refractivity contribution in [1.29, 1.82) is 0 Å². The Bertz CT molecular complexity index is 688. The third-order valence-electron chi connectivity index (χ3n) is 3.54. The molecule has 0 aliphatic heterocycles. The topological polar surface area (TPSA) is 55.4 Å². The molecule has 5 heteroatoms. The van der Waals surface area contributed by atoms with Crippen molar-refractivity contribution in [1.82, 2.24) is 5.32 Å². The minimum absolute atomic E-state index is 0.0138. The second kappa shape index (κ2) is 9.23. The number of carbonyl (C=O) groups excluding carboxylic acids is 2. The lowest BCUT2D eigenvalue weighted by molar-refractivity contribution is -0.124. The number of nitrogens with one attached hydrogen (secondary N) is 1. The normalized spacial score (nSPS) is 11.6. The Balaban J connectivity index is 1.72. The molecule has 0 unspecified atom stereocenters. The quantitative estimate of drug-likeness (QED) is 0.733. The van der Waals surface area contributed by atoms with Gasteiger partial charge in [-0.05, 0) is 53.4 Å². The van der Waals surface area contributed by atoms with Crippen molar-refractivity contribution >= 4 is 27.8 Å². The van der Waals surface area contributed by atoms with Crippen LogP contribution < -0.4 is 5.32 Å². The van der Waals surface area contributed by atoms with E-state index in [0.29, 0.717) is 10.0 Å². The highest BCUT2D eigenvalue weighted by molar-refractivity contribution is 9.10. The van der Waals surface area contributed by atoms with Crippen molar-refractivity contribution in [2.75, 3.05) is 6.61 Å². The van der Waals surface area contributed by atoms with Crippen molar-refractivity contribution in [2.45, 2.75) is 25.8 Å². The van der Waals surface area contributed by atoms with Gasteiger partial charge in [-0.2, -0.15) is 0 Å². The fourth-order valence-corrected chi connectivity index (χ4v) is 2.70. The van der Waals surface area contributed by atoms with E-state index < -0.39 is 5.97 Å². The summed E-state index contributed by atoms with van der Waals surface area (Å²) in [5.74, 6) is -0.814. The fraction of sp³-hybridized carbons (Fsp3) is 0.263. The zero-order valence-corrected chi connectivity index (χ0v) is 15.1. The summed E-state index contributed by atoms with van der Waals surface area (Å²) in [6.45, 7) is 1.66. The first-order valence-corrected chi connectivity index (χ1v) is 8.60. The highest BCUT2D eigenvalue weighted by Crippen LogP contribution is 2.16. The van der Waals surface area contributed by atoms with Gasteiger partial charge in [0.25, 0.3) is 5.91 Å². The standard InChI is InChI=1S/C19H20BrNO3/c1-14(11-12-15-7-3-2-4-8-15)21-18(22)13-24-19(23)16-9-5-6-10-17(16)20/h2-10,14H,11-13H2,1H3,(H,21,22)/t14-/m1/s1. The number of aryl methyl sites for hydroxylation is 1. The van der Waals surface area contributed by atoms with Gasteiger partial charge in [-0.3, -0.25) is 4.79 Å². The van der Waals surface area contributed by atoms with E-state index in [2.05, 4.69) is 33.4 Å². The van der Waals surface area contributed by atoms with Crippen LogP contribution >= 0.6 is 15.9 Å². The van der Waals surface area contributed by atoms with Crippen molar-refractivity contribution < 1.29 is 14.3 Å². The third kappa shape index (κ3) is 5.81. The minimum Gasteiger partial charge on any atom is -0.452 e. The monoisotopic (exact) mass is 389 g/mol. The van der Waals surface area contributed by atoms with E-state index in [0.717, 1.165) is 12.8 Å². The highest BCUT2D eigenvalue weighted by Gasteiger charge is 2.14. The zero-order valence-electron chi connectivity index (χ0n) is 13.5. The van der Waals surface area contributed by atoms with Gasteiger partial charge >= 0.3 is 5.97 Å². The van der Waals surface area contributed by atoms with Crippen molar-refractivity contribution in [3.05, 3.63) is 70.2 Å². The number of hydrogen-bond donors (Lipinski definition) is 1. The molecule has 2 aromatic carbocycles. The van der Waals surface area contributed by atoms with E-state index in [4.69, 9.17) is 4.74 Å². The van der Waals surface area contributed by atoms with E-state index in [-0.39, 0.29) is 18.6 Å². The van der Waals surface area contributed by atoms with Crippen LogP contribution in [0.4, 0.5) is 0 Å². The number of amides is 1. The molecule has 126 valence electrons. The van der Waals surface area contributed by atoms with Crippen LogP contribution in [-0.2, 0) is 16.0 Å². The molecule has 1 amide bonds. The number of carbonyl (C=O) groups is 2. The molecule has 0 aromatic heterocycles. The fourth-order valence-electron chi connectivity index (χ4n) is 2.25. The van der Waals surface area contributed by atoms with Gasteiger partial charge < -0.3 is 10.1 Å². The molecule has 0 bridgehead atoms. The van der Waals surface area contributed by atoms with Crippen LogP contribution in [0.15, 0.2) is 59.1 Å². The largest absolute Gasteiger partial charge is 0.452 e. The molecule has 0 radical (unpaired) electrons. The van der Waals surface area contributed by atoms with Crippen LogP contribution in [-0.4, -0.2) is 24.5 Å². The Morgan fingerprint density at radius 1 is 1.08 bits per heavy atom. The van der Waals surface area contributed by atoms with E-state index in [9.17, 15) is 9.59 Å². The molecule has 4 nitrogen and oxygen atoms in total. The van der Waals surface area contributed by atoms with Crippen LogP contribution in [0.3, 0.4) is 0 Å². The molecule has 0 saturated heterocycles. The summed E-state index contributed by atoms with van der Waals surface area (Å²) in [5.41, 5.74) is 1.64. The Kier molecular flexibility index (Phi) is 7.00. The molecular weight excluding hydrogens is 370 g/mol. The molecule has 1 N–H and O–H groups in total. The second-order valence-corrected chi connectivity index (χ2v) is 6.40. The van der Waals surface area contributed by atoms with E-state index in [1.54, 1.807) is 18.2 Å². The Labute approximate surface area is 150 Å². The Morgan fingerprint density at radius 2 is 1.75 bits per heavy atom. The summed E-state index contributed by atoms with van der Waals surface area (Å²) in [7, 11) is 0. The number of rotatable bonds is 7. The summed E-state index contributed by atoms with van der Waals surface area (Å²) in [5, 5.41) is 2.84. The van der Waals surface area contributed by atoms with Gasteiger partial charge in [0.1, 0.15) is 0 Å². The smallest absolute Gasteiger partial charge is 0.339 e.